The molecule has 22 heavy (non-hydrogen) atoms. The van der Waals surface area contributed by atoms with Crippen molar-refractivity contribution in [1.29, 1.82) is 0 Å². The Morgan fingerprint density at radius 2 is 1.50 bits per heavy atom. The maximum atomic E-state index is 4.16. The summed E-state index contributed by atoms with van der Waals surface area (Å²) in [6, 6.07) is 17.0. The zero-order valence-electron chi connectivity index (χ0n) is 14.1. The van der Waals surface area contributed by atoms with Crippen molar-refractivity contribution in [2.75, 3.05) is 0 Å². The van der Waals surface area contributed by atoms with E-state index >= 15 is 0 Å². The Balaban J connectivity index is 0.000000561. The van der Waals surface area contributed by atoms with Gasteiger partial charge in [0.15, 0.2) is 0 Å². The molecule has 1 heterocycles. The molecule has 0 atom stereocenters. The highest BCUT2D eigenvalue weighted by Crippen LogP contribution is 2.33. The van der Waals surface area contributed by atoms with Gasteiger partial charge in [-0.25, -0.2) is 0 Å². The van der Waals surface area contributed by atoms with E-state index in [1.807, 2.05) is 40.1 Å². The molecule has 0 amide bonds. The van der Waals surface area contributed by atoms with Crippen LogP contribution in [0.1, 0.15) is 33.3 Å². The number of aromatic nitrogens is 1. The van der Waals surface area contributed by atoms with Gasteiger partial charge in [0.25, 0.3) is 0 Å². The summed E-state index contributed by atoms with van der Waals surface area (Å²) in [6.07, 6.45) is 3.76. The Hall–Kier alpha value is -1.80. The largest absolute Gasteiger partial charge is 0.264 e. The molecular weight excluding hydrogens is 286 g/mol. The van der Waals surface area contributed by atoms with Gasteiger partial charge in [-0.3, -0.25) is 4.98 Å². The molecule has 2 aromatic carbocycles. The molecule has 0 bridgehead atoms. The predicted octanol–water partition coefficient (Wildman–Crippen LogP) is 6.75. The van der Waals surface area contributed by atoms with Crippen molar-refractivity contribution >= 4 is 22.5 Å². The summed E-state index contributed by atoms with van der Waals surface area (Å²) in [7, 11) is 0. The number of pyridine rings is 1. The lowest BCUT2D eigenvalue weighted by molar-refractivity contribution is 1.34. The van der Waals surface area contributed by atoms with E-state index in [1.165, 1.54) is 26.1 Å². The van der Waals surface area contributed by atoms with Crippen molar-refractivity contribution in [3.8, 4) is 0 Å². The van der Waals surface area contributed by atoms with Crippen LogP contribution in [0.5, 0.6) is 0 Å². The molecule has 0 aliphatic carbocycles. The van der Waals surface area contributed by atoms with Crippen LogP contribution >= 0.6 is 11.8 Å². The van der Waals surface area contributed by atoms with Crippen molar-refractivity contribution in [3.05, 3.63) is 66.5 Å². The molecule has 0 saturated heterocycles. The number of hydrogen-bond donors (Lipinski definition) is 0. The van der Waals surface area contributed by atoms with Gasteiger partial charge in [0, 0.05) is 27.6 Å². The molecule has 3 aromatic rings. The molecule has 0 saturated carbocycles. The molecule has 3 rings (SSSR count). The second-order valence-corrected chi connectivity index (χ2v) is 5.38. The van der Waals surface area contributed by atoms with Crippen LogP contribution in [-0.4, -0.2) is 4.98 Å². The van der Waals surface area contributed by atoms with Gasteiger partial charge in [-0.1, -0.05) is 69.3 Å². The maximum absolute atomic E-state index is 4.16. The van der Waals surface area contributed by atoms with Crippen LogP contribution in [0.2, 0.25) is 0 Å². The Morgan fingerprint density at radius 3 is 2.18 bits per heavy atom. The molecule has 0 aliphatic heterocycles. The van der Waals surface area contributed by atoms with Gasteiger partial charge in [-0.2, -0.15) is 0 Å². The monoisotopic (exact) mass is 311 g/mol. The van der Waals surface area contributed by atoms with Crippen molar-refractivity contribution in [2.45, 2.75) is 44.4 Å². The fraction of sp³-hybridized carbons (Fsp3) is 0.250. The fourth-order valence-corrected chi connectivity index (χ4v) is 2.88. The average Bonchev–Trinajstić information content (AvgIpc) is 2.61. The highest BCUT2D eigenvalue weighted by atomic mass is 32.2. The van der Waals surface area contributed by atoms with E-state index < -0.39 is 0 Å². The number of rotatable bonds is 2. The highest BCUT2D eigenvalue weighted by Gasteiger charge is 2.02. The second-order valence-electron chi connectivity index (χ2n) is 4.27. The summed E-state index contributed by atoms with van der Waals surface area (Å²) < 4.78 is 0. The third-order valence-electron chi connectivity index (χ3n) is 2.89. The van der Waals surface area contributed by atoms with Gasteiger partial charge in [0.1, 0.15) is 0 Å². The normalized spacial score (nSPS) is 9.32. The molecule has 0 fully saturated rings. The maximum Gasteiger partial charge on any atom is 0.0346 e. The van der Waals surface area contributed by atoms with Crippen LogP contribution in [0.3, 0.4) is 0 Å². The number of fused-ring (bicyclic) bond motifs is 1. The molecule has 0 aliphatic rings. The van der Waals surface area contributed by atoms with Crippen LogP contribution in [0.4, 0.5) is 0 Å². The fourth-order valence-electron chi connectivity index (χ4n) is 1.92. The minimum atomic E-state index is 1.19. The van der Waals surface area contributed by atoms with Gasteiger partial charge in [-0.15, -0.1) is 0 Å². The Morgan fingerprint density at radius 1 is 0.818 bits per heavy atom. The van der Waals surface area contributed by atoms with Crippen molar-refractivity contribution in [1.82, 2.24) is 4.98 Å². The molecule has 0 unspecified atom stereocenters. The number of benzene rings is 2. The van der Waals surface area contributed by atoms with Crippen LogP contribution < -0.4 is 0 Å². The minimum absolute atomic E-state index is 1.19. The van der Waals surface area contributed by atoms with Crippen LogP contribution in [0.25, 0.3) is 10.8 Å². The van der Waals surface area contributed by atoms with Gasteiger partial charge in [0.2, 0.25) is 0 Å². The molecule has 2 heteroatoms. The molecule has 1 aromatic heterocycles. The summed E-state index contributed by atoms with van der Waals surface area (Å²) in [5.74, 6) is 0. The van der Waals surface area contributed by atoms with Gasteiger partial charge in [0.05, 0.1) is 0 Å². The first-order valence-corrected chi connectivity index (χ1v) is 8.72. The van der Waals surface area contributed by atoms with E-state index in [2.05, 4.69) is 60.4 Å². The predicted molar refractivity (Wildman–Crippen MR) is 99.7 cm³/mol. The van der Waals surface area contributed by atoms with Crippen LogP contribution in [0.15, 0.2) is 70.7 Å². The quantitative estimate of drug-likeness (QED) is 0.519. The van der Waals surface area contributed by atoms with E-state index in [1.54, 1.807) is 11.8 Å². The molecule has 1 nitrogen and oxygen atoms in total. The lowest BCUT2D eigenvalue weighted by Gasteiger charge is -2.06. The van der Waals surface area contributed by atoms with Crippen LogP contribution in [-0.2, 0) is 0 Å². The molecule has 116 valence electrons. The Labute approximate surface area is 138 Å². The second kappa shape index (κ2) is 10.0. The third kappa shape index (κ3) is 4.88. The summed E-state index contributed by atoms with van der Waals surface area (Å²) in [4.78, 5) is 6.71. The van der Waals surface area contributed by atoms with Gasteiger partial charge >= 0.3 is 0 Å². The first kappa shape index (κ1) is 18.2. The van der Waals surface area contributed by atoms with E-state index in [-0.39, 0.29) is 0 Å². The van der Waals surface area contributed by atoms with Crippen LogP contribution in [0, 0.1) is 6.92 Å². The minimum Gasteiger partial charge on any atom is -0.264 e. The molecule has 0 spiro atoms. The van der Waals surface area contributed by atoms with Gasteiger partial charge in [-0.05, 0) is 36.6 Å². The van der Waals surface area contributed by atoms with E-state index in [0.717, 1.165) is 0 Å². The van der Waals surface area contributed by atoms with Gasteiger partial charge < -0.3 is 0 Å². The topological polar surface area (TPSA) is 12.9 Å². The first-order valence-electron chi connectivity index (χ1n) is 7.90. The lowest BCUT2D eigenvalue weighted by atomic mass is 10.2. The first-order chi connectivity index (χ1) is 10.8. The zero-order valence-corrected chi connectivity index (χ0v) is 14.9. The number of hydrogen-bond acceptors (Lipinski definition) is 2. The summed E-state index contributed by atoms with van der Waals surface area (Å²) in [5, 5.41) is 2.45. The highest BCUT2D eigenvalue weighted by molar-refractivity contribution is 7.99. The smallest absolute Gasteiger partial charge is 0.0346 e. The van der Waals surface area contributed by atoms with Crippen molar-refractivity contribution < 1.29 is 0 Å². The molecular formula is C20H25NS. The van der Waals surface area contributed by atoms with E-state index in [4.69, 9.17) is 0 Å². The van der Waals surface area contributed by atoms with Crippen molar-refractivity contribution in [3.63, 3.8) is 0 Å². The standard InChI is InChI=1S/C16H13NS.2C2H6/c1-12-5-7-14(8-6-12)18-16-4-2-3-13-11-17-10-9-15(13)16;2*1-2/h2-11H,1H3;2*1-2H3. The van der Waals surface area contributed by atoms with E-state index in [0.29, 0.717) is 0 Å². The Bertz CT molecular complexity index is 669. The summed E-state index contributed by atoms with van der Waals surface area (Å²) in [5.41, 5.74) is 1.29. The number of aryl methyl sites for hydroxylation is 1. The van der Waals surface area contributed by atoms with E-state index in [9.17, 15) is 0 Å². The molecule has 0 radical (unpaired) electrons. The summed E-state index contributed by atoms with van der Waals surface area (Å²) >= 11 is 1.80. The average molecular weight is 311 g/mol. The Kier molecular flexibility index (Phi) is 8.31. The third-order valence-corrected chi connectivity index (χ3v) is 3.97. The lowest BCUT2D eigenvalue weighted by Crippen LogP contribution is -1.80. The SMILES string of the molecule is CC.CC.Cc1ccc(Sc2cccc3cnccc23)cc1. The van der Waals surface area contributed by atoms with Crippen molar-refractivity contribution in [2.24, 2.45) is 0 Å². The zero-order chi connectivity index (χ0) is 16.4. The number of nitrogens with zero attached hydrogens (tertiary/aromatic N) is 1. The summed E-state index contributed by atoms with van der Waals surface area (Å²) in [6.45, 7) is 10.1. The molecule has 0 N–H and O–H groups in total.